The van der Waals surface area contributed by atoms with Gasteiger partial charge in [0.1, 0.15) is 12.4 Å². The average molecular weight is 467 g/mol. The summed E-state index contributed by atoms with van der Waals surface area (Å²) >= 11 is 0. The lowest BCUT2D eigenvalue weighted by Crippen LogP contribution is -2.41. The Morgan fingerprint density at radius 2 is 1.22 bits per heavy atom. The van der Waals surface area contributed by atoms with Gasteiger partial charge in [-0.05, 0) is 48.7 Å². The van der Waals surface area contributed by atoms with Gasteiger partial charge in [0.15, 0.2) is 8.32 Å². The Bertz CT molecular complexity index is 566. The summed E-state index contributed by atoms with van der Waals surface area (Å²) in [5.41, 5.74) is 1.40. The van der Waals surface area contributed by atoms with Crippen LogP contribution in [-0.4, -0.2) is 48.0 Å². The van der Waals surface area contributed by atoms with Crippen molar-refractivity contribution in [3.05, 3.63) is 29.8 Å². The molecular weight excluding hydrogens is 416 g/mol. The van der Waals surface area contributed by atoms with Gasteiger partial charge in [0.25, 0.3) is 0 Å². The molecule has 0 bridgehead atoms. The number of hydrogen-bond donors (Lipinski definition) is 0. The van der Waals surface area contributed by atoms with Crippen molar-refractivity contribution < 1.29 is 18.6 Å². The molecule has 0 aliphatic heterocycles. The van der Waals surface area contributed by atoms with E-state index in [1.54, 1.807) is 0 Å². The molecule has 5 heteroatoms. The molecule has 0 saturated carbocycles. The summed E-state index contributed by atoms with van der Waals surface area (Å²) < 4.78 is 23.1. The molecule has 1 rings (SSSR count). The van der Waals surface area contributed by atoms with E-state index in [0.29, 0.717) is 39.6 Å². The third kappa shape index (κ3) is 13.6. The molecule has 1 aromatic carbocycles. The Labute approximate surface area is 199 Å². The van der Waals surface area contributed by atoms with Crippen LogP contribution >= 0.6 is 0 Å². The van der Waals surface area contributed by atoms with E-state index in [9.17, 15) is 0 Å². The van der Waals surface area contributed by atoms with E-state index in [1.165, 1.54) is 50.5 Å². The fourth-order valence-electron chi connectivity index (χ4n) is 3.15. The van der Waals surface area contributed by atoms with Gasteiger partial charge in [-0.3, -0.25) is 0 Å². The van der Waals surface area contributed by atoms with Crippen LogP contribution in [0.25, 0.3) is 0 Å². The molecule has 0 fully saturated rings. The van der Waals surface area contributed by atoms with Crippen LogP contribution in [0, 0.1) is 0 Å². The smallest absolute Gasteiger partial charge is 0.192 e. The summed E-state index contributed by atoms with van der Waals surface area (Å²) in [5.74, 6) is 0.913. The molecule has 0 radical (unpaired) electrons. The lowest BCUT2D eigenvalue weighted by molar-refractivity contribution is 0.0260. The van der Waals surface area contributed by atoms with Gasteiger partial charge in [-0.1, -0.05) is 78.4 Å². The van der Waals surface area contributed by atoms with E-state index in [2.05, 4.69) is 65.1 Å². The number of ether oxygens (including phenoxy) is 3. The summed E-state index contributed by atoms with van der Waals surface area (Å²) in [4.78, 5) is 0. The second-order valence-corrected chi connectivity index (χ2v) is 15.0. The van der Waals surface area contributed by atoms with Gasteiger partial charge in [-0.15, -0.1) is 0 Å². The van der Waals surface area contributed by atoms with Crippen LogP contribution in [0.3, 0.4) is 0 Å². The molecule has 0 atom stereocenters. The molecule has 0 aromatic heterocycles. The SMILES string of the molecule is CCCCCCCCCc1ccc(OCCOCCOCCO[Si](C)(C)C(C)(C)C)cc1. The van der Waals surface area contributed by atoms with Crippen molar-refractivity contribution in [1.82, 2.24) is 0 Å². The first-order valence-corrected chi connectivity index (χ1v) is 15.7. The van der Waals surface area contributed by atoms with Crippen molar-refractivity contribution in [1.29, 1.82) is 0 Å². The minimum atomic E-state index is -1.67. The van der Waals surface area contributed by atoms with Crippen molar-refractivity contribution in [3.63, 3.8) is 0 Å². The second-order valence-electron chi connectivity index (χ2n) is 10.2. The maximum atomic E-state index is 6.09. The van der Waals surface area contributed by atoms with E-state index >= 15 is 0 Å². The Kier molecular flexibility index (Phi) is 15.2. The molecule has 0 unspecified atom stereocenters. The maximum Gasteiger partial charge on any atom is 0.192 e. The van der Waals surface area contributed by atoms with E-state index < -0.39 is 8.32 Å². The zero-order valence-corrected chi connectivity index (χ0v) is 22.8. The molecule has 1 aromatic rings. The number of unbranched alkanes of at least 4 members (excludes halogenated alkanes) is 6. The molecule has 0 aliphatic rings. The van der Waals surface area contributed by atoms with Gasteiger partial charge in [0, 0.05) is 0 Å². The van der Waals surface area contributed by atoms with Crippen LogP contribution in [0.15, 0.2) is 24.3 Å². The van der Waals surface area contributed by atoms with Crippen LogP contribution in [0.5, 0.6) is 5.75 Å². The highest BCUT2D eigenvalue weighted by atomic mass is 28.4. The standard InChI is InChI=1S/C27H50O4Si/c1-7-8-9-10-11-12-13-14-25-15-17-26(18-16-25)30-23-21-28-19-20-29-22-24-31-32(5,6)27(2,3)4/h15-18H,7-14,19-24H2,1-6H3. The zero-order valence-electron chi connectivity index (χ0n) is 21.8. The van der Waals surface area contributed by atoms with Crippen LogP contribution in [0.4, 0.5) is 0 Å². The number of hydrogen-bond acceptors (Lipinski definition) is 4. The Morgan fingerprint density at radius 1 is 0.688 bits per heavy atom. The molecule has 0 aliphatic carbocycles. The first-order chi connectivity index (χ1) is 15.3. The Balaban J connectivity index is 1.98. The van der Waals surface area contributed by atoms with Crippen LogP contribution < -0.4 is 4.74 Å². The summed E-state index contributed by atoms with van der Waals surface area (Å²) in [6.45, 7) is 17.1. The second kappa shape index (κ2) is 16.7. The fourth-order valence-corrected chi connectivity index (χ4v) is 4.18. The molecule has 0 heterocycles. The third-order valence-corrected chi connectivity index (χ3v) is 10.9. The van der Waals surface area contributed by atoms with Gasteiger partial charge < -0.3 is 18.6 Å². The van der Waals surface area contributed by atoms with Crippen LogP contribution in [0.2, 0.25) is 18.1 Å². The van der Waals surface area contributed by atoms with Crippen molar-refractivity contribution in [2.24, 2.45) is 0 Å². The summed E-state index contributed by atoms with van der Waals surface area (Å²) in [6, 6.07) is 8.52. The Morgan fingerprint density at radius 3 is 1.81 bits per heavy atom. The van der Waals surface area contributed by atoms with Crippen LogP contribution in [-0.2, 0) is 20.3 Å². The van der Waals surface area contributed by atoms with Gasteiger partial charge in [-0.25, -0.2) is 0 Å². The third-order valence-electron chi connectivity index (χ3n) is 6.36. The minimum Gasteiger partial charge on any atom is -0.491 e. The van der Waals surface area contributed by atoms with Gasteiger partial charge in [0.05, 0.1) is 33.0 Å². The van der Waals surface area contributed by atoms with Crippen molar-refractivity contribution in [2.75, 3.05) is 39.6 Å². The maximum absolute atomic E-state index is 6.09. The summed E-state index contributed by atoms with van der Waals surface area (Å²) in [7, 11) is -1.67. The van der Waals surface area contributed by atoms with Crippen molar-refractivity contribution in [3.8, 4) is 5.75 Å². The van der Waals surface area contributed by atoms with E-state index in [1.807, 2.05) is 0 Å². The summed E-state index contributed by atoms with van der Waals surface area (Å²) in [6.07, 6.45) is 10.6. The predicted molar refractivity (Wildman–Crippen MR) is 138 cm³/mol. The van der Waals surface area contributed by atoms with E-state index in [4.69, 9.17) is 18.6 Å². The normalized spacial score (nSPS) is 12.3. The number of benzene rings is 1. The van der Waals surface area contributed by atoms with Gasteiger partial charge in [0.2, 0.25) is 0 Å². The largest absolute Gasteiger partial charge is 0.491 e. The summed E-state index contributed by atoms with van der Waals surface area (Å²) in [5, 5.41) is 0.240. The minimum absolute atomic E-state index is 0.240. The van der Waals surface area contributed by atoms with Crippen LogP contribution in [0.1, 0.15) is 78.2 Å². The van der Waals surface area contributed by atoms with Gasteiger partial charge in [-0.2, -0.15) is 0 Å². The van der Waals surface area contributed by atoms with Crippen molar-refractivity contribution >= 4 is 8.32 Å². The average Bonchev–Trinajstić information content (AvgIpc) is 2.74. The Hall–Kier alpha value is -0.883. The van der Waals surface area contributed by atoms with E-state index in [-0.39, 0.29) is 5.04 Å². The van der Waals surface area contributed by atoms with Gasteiger partial charge >= 0.3 is 0 Å². The zero-order chi connectivity index (χ0) is 23.7. The molecule has 0 N–H and O–H groups in total. The fraction of sp³-hybridized carbons (Fsp3) is 0.778. The highest BCUT2D eigenvalue weighted by molar-refractivity contribution is 6.74. The molecule has 186 valence electrons. The molecule has 0 saturated heterocycles. The quantitative estimate of drug-likeness (QED) is 0.157. The molecule has 0 amide bonds. The number of rotatable bonds is 19. The first kappa shape index (κ1) is 29.1. The lowest BCUT2D eigenvalue weighted by atomic mass is 10.0. The number of aryl methyl sites for hydroxylation is 1. The predicted octanol–water partition coefficient (Wildman–Crippen LogP) is 7.41. The monoisotopic (exact) mass is 466 g/mol. The van der Waals surface area contributed by atoms with E-state index in [0.717, 1.165) is 12.2 Å². The molecule has 32 heavy (non-hydrogen) atoms. The highest BCUT2D eigenvalue weighted by Gasteiger charge is 2.36. The molecule has 0 spiro atoms. The van der Waals surface area contributed by atoms with Crippen molar-refractivity contribution in [2.45, 2.75) is 97.2 Å². The topological polar surface area (TPSA) is 36.9 Å². The molecule has 4 nitrogen and oxygen atoms in total. The molecular formula is C27H50O4Si. The highest BCUT2D eigenvalue weighted by Crippen LogP contribution is 2.36. The first-order valence-electron chi connectivity index (χ1n) is 12.8. The lowest BCUT2D eigenvalue weighted by Gasteiger charge is -2.36.